The van der Waals surface area contributed by atoms with Gasteiger partial charge in [-0.2, -0.15) is 4.99 Å². The van der Waals surface area contributed by atoms with Crippen molar-refractivity contribution in [3.8, 4) is 0 Å². The van der Waals surface area contributed by atoms with Crippen LogP contribution in [0.4, 0.5) is 0 Å². The molecule has 1 amide bonds. The van der Waals surface area contributed by atoms with E-state index in [4.69, 9.17) is 0 Å². The molecule has 1 heterocycles. The van der Waals surface area contributed by atoms with Gasteiger partial charge in [-0.25, -0.2) is 8.42 Å². The van der Waals surface area contributed by atoms with Crippen LogP contribution in [0.1, 0.15) is 35.3 Å². The lowest BCUT2D eigenvalue weighted by atomic mass is 10.1. The van der Waals surface area contributed by atoms with E-state index in [0.29, 0.717) is 10.4 Å². The molecule has 0 saturated heterocycles. The van der Waals surface area contributed by atoms with Crippen LogP contribution in [0.15, 0.2) is 46.3 Å². The van der Waals surface area contributed by atoms with Gasteiger partial charge in [0.2, 0.25) is 0 Å². The fourth-order valence-corrected chi connectivity index (χ4v) is 4.98. The zero-order valence-corrected chi connectivity index (χ0v) is 17.6. The molecule has 0 aliphatic heterocycles. The summed E-state index contributed by atoms with van der Waals surface area (Å²) in [6.07, 6.45) is 0. The number of benzene rings is 2. The minimum Gasteiger partial charge on any atom is -0.319 e. The van der Waals surface area contributed by atoms with Crippen LogP contribution in [0, 0.1) is 13.8 Å². The number of carbonyl (C=O) groups excluding carboxylic acids is 1. The van der Waals surface area contributed by atoms with Gasteiger partial charge in [-0.3, -0.25) is 4.79 Å². The third-order valence-corrected chi connectivity index (χ3v) is 8.00. The van der Waals surface area contributed by atoms with E-state index in [-0.39, 0.29) is 10.8 Å². The molecule has 5 nitrogen and oxygen atoms in total. The first-order chi connectivity index (χ1) is 12.6. The molecule has 3 aromatic rings. The number of nitrogens with zero attached hydrogens (tertiary/aromatic N) is 2. The zero-order valence-electron chi connectivity index (χ0n) is 16.0. The Morgan fingerprint density at radius 3 is 2.30 bits per heavy atom. The first-order valence-electron chi connectivity index (χ1n) is 8.61. The molecule has 3 rings (SSSR count). The topological polar surface area (TPSA) is 68.5 Å². The molecule has 1 aromatic heterocycles. The lowest BCUT2D eigenvalue weighted by Gasteiger charge is -2.07. The van der Waals surface area contributed by atoms with Gasteiger partial charge in [-0.15, -0.1) is 0 Å². The predicted octanol–water partition coefficient (Wildman–Crippen LogP) is 3.78. The largest absolute Gasteiger partial charge is 0.319 e. The number of carbonyl (C=O) groups is 1. The second kappa shape index (κ2) is 7.05. The molecule has 0 unspecified atom stereocenters. The number of sulfone groups is 1. The average Bonchev–Trinajstić information content (AvgIpc) is 2.94. The summed E-state index contributed by atoms with van der Waals surface area (Å²) in [6.45, 7) is 7.38. The minimum atomic E-state index is -3.36. The summed E-state index contributed by atoms with van der Waals surface area (Å²) in [4.78, 5) is 17.7. The molecule has 0 spiro atoms. The van der Waals surface area contributed by atoms with E-state index in [1.807, 2.05) is 17.7 Å². The number of thiazole rings is 1. The average molecular weight is 403 g/mol. The molecule has 0 aliphatic carbocycles. The molecule has 0 aliphatic rings. The molecule has 0 saturated carbocycles. The van der Waals surface area contributed by atoms with E-state index in [1.165, 1.54) is 46.7 Å². The highest BCUT2D eigenvalue weighted by Gasteiger charge is 2.19. The summed E-state index contributed by atoms with van der Waals surface area (Å²) >= 11 is 1.46. The van der Waals surface area contributed by atoms with Crippen molar-refractivity contribution in [2.75, 3.05) is 0 Å². The van der Waals surface area contributed by atoms with Crippen molar-refractivity contribution < 1.29 is 13.2 Å². The van der Waals surface area contributed by atoms with Crippen molar-refractivity contribution in [2.45, 2.75) is 37.8 Å². The van der Waals surface area contributed by atoms with Gasteiger partial charge in [0, 0.05) is 12.6 Å². The SMILES string of the molecule is Cc1ccc2sc(=NC(=O)c3ccc(S(=O)(=O)C(C)C)cc3)n(C)c2c1C. The lowest BCUT2D eigenvalue weighted by molar-refractivity contribution is 0.0998. The summed E-state index contributed by atoms with van der Waals surface area (Å²) in [5.41, 5.74) is 3.80. The van der Waals surface area contributed by atoms with Crippen molar-refractivity contribution in [3.05, 3.63) is 57.9 Å². The van der Waals surface area contributed by atoms with Crippen molar-refractivity contribution in [1.29, 1.82) is 0 Å². The van der Waals surface area contributed by atoms with E-state index in [0.717, 1.165) is 10.2 Å². The van der Waals surface area contributed by atoms with E-state index < -0.39 is 15.1 Å². The summed E-state index contributed by atoms with van der Waals surface area (Å²) in [5, 5.41) is -0.506. The zero-order chi connectivity index (χ0) is 19.9. The minimum absolute atomic E-state index is 0.215. The van der Waals surface area contributed by atoms with Gasteiger partial charge in [0.05, 0.1) is 20.4 Å². The predicted molar refractivity (Wildman–Crippen MR) is 109 cm³/mol. The highest BCUT2D eigenvalue weighted by atomic mass is 32.2. The van der Waals surface area contributed by atoms with E-state index in [1.54, 1.807) is 13.8 Å². The van der Waals surface area contributed by atoms with Crippen LogP contribution in [0.2, 0.25) is 0 Å². The van der Waals surface area contributed by atoms with Gasteiger partial charge in [-0.1, -0.05) is 17.4 Å². The Labute approximate surface area is 162 Å². The Morgan fingerprint density at radius 2 is 1.70 bits per heavy atom. The fraction of sp³-hybridized carbons (Fsp3) is 0.300. The maximum atomic E-state index is 12.6. The van der Waals surface area contributed by atoms with Crippen LogP contribution in [-0.2, 0) is 16.9 Å². The standard InChI is InChI=1S/C20H22N2O3S2/c1-12(2)27(24,25)16-9-7-15(8-10-16)19(23)21-20-22(5)18-14(4)13(3)6-11-17(18)26-20/h6-12H,1-5H3. The highest BCUT2D eigenvalue weighted by molar-refractivity contribution is 7.92. The number of aryl methyl sites for hydroxylation is 3. The number of aromatic nitrogens is 1. The normalized spacial score (nSPS) is 12.9. The number of amides is 1. The highest BCUT2D eigenvalue weighted by Crippen LogP contribution is 2.23. The Kier molecular flexibility index (Phi) is 5.10. The van der Waals surface area contributed by atoms with Crippen molar-refractivity contribution in [1.82, 2.24) is 4.57 Å². The number of fused-ring (bicyclic) bond motifs is 1. The molecule has 7 heteroatoms. The number of hydrogen-bond acceptors (Lipinski definition) is 4. The van der Waals surface area contributed by atoms with Gasteiger partial charge in [0.1, 0.15) is 0 Å². The Morgan fingerprint density at radius 1 is 1.07 bits per heavy atom. The number of hydrogen-bond donors (Lipinski definition) is 0. The van der Waals surface area contributed by atoms with Crippen LogP contribution in [0.3, 0.4) is 0 Å². The maximum absolute atomic E-state index is 12.6. The Balaban J connectivity index is 2.02. The molecule has 0 atom stereocenters. The third-order valence-electron chi connectivity index (χ3n) is 4.74. The van der Waals surface area contributed by atoms with Crippen LogP contribution in [0.5, 0.6) is 0 Å². The maximum Gasteiger partial charge on any atom is 0.279 e. The Hall–Kier alpha value is -2.25. The fourth-order valence-electron chi connectivity index (χ4n) is 2.85. The summed E-state index contributed by atoms with van der Waals surface area (Å²) in [7, 11) is -1.46. The molecule has 0 radical (unpaired) electrons. The molecular formula is C20H22N2O3S2. The molecule has 0 bridgehead atoms. The van der Waals surface area contributed by atoms with Crippen molar-refractivity contribution in [3.63, 3.8) is 0 Å². The second-order valence-corrected chi connectivity index (χ2v) is 10.3. The van der Waals surface area contributed by atoms with Crippen LogP contribution in [0.25, 0.3) is 10.2 Å². The van der Waals surface area contributed by atoms with Gasteiger partial charge in [0.15, 0.2) is 14.6 Å². The molecule has 0 N–H and O–H groups in total. The van der Waals surface area contributed by atoms with E-state index in [9.17, 15) is 13.2 Å². The monoisotopic (exact) mass is 402 g/mol. The summed E-state index contributed by atoms with van der Waals surface area (Å²) in [6, 6.07) is 10.1. The van der Waals surface area contributed by atoms with E-state index >= 15 is 0 Å². The third kappa shape index (κ3) is 3.49. The van der Waals surface area contributed by atoms with Gasteiger partial charge < -0.3 is 4.57 Å². The van der Waals surface area contributed by atoms with Crippen LogP contribution >= 0.6 is 11.3 Å². The van der Waals surface area contributed by atoms with E-state index in [2.05, 4.69) is 24.9 Å². The van der Waals surface area contributed by atoms with Gasteiger partial charge >= 0.3 is 0 Å². The van der Waals surface area contributed by atoms with Crippen LogP contribution in [-0.4, -0.2) is 24.1 Å². The summed E-state index contributed by atoms with van der Waals surface area (Å²) in [5.74, 6) is -0.389. The first kappa shape index (κ1) is 19.5. The molecular weight excluding hydrogens is 380 g/mol. The van der Waals surface area contributed by atoms with Gasteiger partial charge in [0.25, 0.3) is 5.91 Å². The number of rotatable bonds is 3. The van der Waals surface area contributed by atoms with Crippen LogP contribution < -0.4 is 4.80 Å². The molecule has 142 valence electrons. The van der Waals surface area contributed by atoms with Crippen molar-refractivity contribution >= 4 is 37.3 Å². The quantitative estimate of drug-likeness (QED) is 0.669. The molecule has 27 heavy (non-hydrogen) atoms. The van der Waals surface area contributed by atoms with Crippen molar-refractivity contribution in [2.24, 2.45) is 12.0 Å². The second-order valence-electron chi connectivity index (χ2n) is 6.83. The lowest BCUT2D eigenvalue weighted by Crippen LogP contribution is -2.15. The molecule has 2 aromatic carbocycles. The molecule has 0 fully saturated rings. The van der Waals surface area contributed by atoms with Gasteiger partial charge in [-0.05, 0) is 69.2 Å². The first-order valence-corrected chi connectivity index (χ1v) is 11.0. The summed E-state index contributed by atoms with van der Waals surface area (Å²) < 4.78 is 27.4. The smallest absolute Gasteiger partial charge is 0.279 e. The Bertz CT molecular complexity index is 1200.